The Bertz CT molecular complexity index is 775. The van der Waals surface area contributed by atoms with Gasteiger partial charge in [0.15, 0.2) is 0 Å². The number of anilines is 1. The molecule has 0 heterocycles. The molecule has 24 heavy (non-hydrogen) atoms. The number of non-ortho nitro benzene ring substituents is 1. The summed E-state index contributed by atoms with van der Waals surface area (Å²) in [5, 5.41) is 16.0. The van der Waals surface area contributed by atoms with E-state index in [1.54, 1.807) is 50.2 Å². The minimum atomic E-state index is -0.795. The van der Waals surface area contributed by atoms with Gasteiger partial charge in [-0.1, -0.05) is 24.3 Å². The van der Waals surface area contributed by atoms with E-state index in [-0.39, 0.29) is 11.6 Å². The highest BCUT2D eigenvalue weighted by molar-refractivity contribution is 6.01. The van der Waals surface area contributed by atoms with E-state index in [1.807, 2.05) is 0 Å². The molecule has 0 aliphatic rings. The lowest BCUT2D eigenvalue weighted by atomic mass is 10.1. The third-order valence-corrected chi connectivity index (χ3v) is 3.47. The molecule has 2 rings (SSSR count). The van der Waals surface area contributed by atoms with E-state index in [0.29, 0.717) is 16.8 Å². The summed E-state index contributed by atoms with van der Waals surface area (Å²) in [6, 6.07) is 12.0. The van der Waals surface area contributed by atoms with Gasteiger partial charge in [0.2, 0.25) is 5.91 Å². The molecule has 0 bridgehead atoms. The molecule has 0 saturated carbocycles. The number of nitrogens with zero attached hydrogens (tertiary/aromatic N) is 1. The van der Waals surface area contributed by atoms with Crippen LogP contribution in [0.15, 0.2) is 48.5 Å². The zero-order valence-electron chi connectivity index (χ0n) is 13.3. The van der Waals surface area contributed by atoms with Crippen molar-refractivity contribution in [3.63, 3.8) is 0 Å². The van der Waals surface area contributed by atoms with Crippen molar-refractivity contribution in [2.45, 2.75) is 19.9 Å². The average Bonchev–Trinajstić information content (AvgIpc) is 2.57. The largest absolute Gasteiger partial charge is 0.341 e. The first-order valence-corrected chi connectivity index (χ1v) is 7.30. The van der Waals surface area contributed by atoms with Crippen LogP contribution >= 0.6 is 0 Å². The van der Waals surface area contributed by atoms with Crippen LogP contribution in [-0.4, -0.2) is 22.8 Å². The van der Waals surface area contributed by atoms with Crippen molar-refractivity contribution in [1.82, 2.24) is 5.32 Å². The Hall–Kier alpha value is -3.22. The minimum absolute atomic E-state index is 0.114. The summed E-state index contributed by atoms with van der Waals surface area (Å²) in [5.74, 6) is -0.822. The number of aryl methyl sites for hydroxylation is 1. The predicted molar refractivity (Wildman–Crippen MR) is 89.8 cm³/mol. The average molecular weight is 327 g/mol. The number of amides is 2. The summed E-state index contributed by atoms with van der Waals surface area (Å²) in [6.07, 6.45) is 0. The van der Waals surface area contributed by atoms with Gasteiger partial charge in [0.25, 0.3) is 11.6 Å². The third-order valence-electron chi connectivity index (χ3n) is 3.47. The fourth-order valence-electron chi connectivity index (χ4n) is 2.03. The van der Waals surface area contributed by atoms with Crippen LogP contribution in [0.4, 0.5) is 11.4 Å². The van der Waals surface area contributed by atoms with Gasteiger partial charge < -0.3 is 10.6 Å². The monoisotopic (exact) mass is 327 g/mol. The van der Waals surface area contributed by atoms with E-state index in [2.05, 4.69) is 10.6 Å². The number of carbonyl (C=O) groups is 2. The highest BCUT2D eigenvalue weighted by Crippen LogP contribution is 2.21. The molecule has 2 aromatic carbocycles. The normalized spacial score (nSPS) is 11.4. The second-order valence-electron chi connectivity index (χ2n) is 5.31. The number of nitro benzene ring substituents is 1. The van der Waals surface area contributed by atoms with Crippen LogP contribution in [-0.2, 0) is 4.79 Å². The van der Waals surface area contributed by atoms with Crippen LogP contribution in [0.1, 0.15) is 22.8 Å². The van der Waals surface area contributed by atoms with Crippen molar-refractivity contribution in [3.8, 4) is 0 Å². The summed E-state index contributed by atoms with van der Waals surface area (Å²) in [7, 11) is 0. The lowest BCUT2D eigenvalue weighted by Gasteiger charge is -2.15. The third kappa shape index (κ3) is 4.16. The standard InChI is InChI=1S/C17H17N3O4/c1-11-8-9-14(20(23)24)10-15(11)19-16(21)12(2)18-17(22)13-6-4-3-5-7-13/h3-10,12H,1-2H3,(H,18,22)(H,19,21). The molecular weight excluding hydrogens is 310 g/mol. The SMILES string of the molecule is Cc1ccc([N+](=O)[O-])cc1NC(=O)C(C)NC(=O)c1ccccc1. The molecule has 0 spiro atoms. The molecule has 2 aromatic rings. The number of nitrogens with one attached hydrogen (secondary N) is 2. The quantitative estimate of drug-likeness (QED) is 0.651. The molecule has 0 radical (unpaired) electrons. The van der Waals surface area contributed by atoms with Crippen molar-refractivity contribution >= 4 is 23.2 Å². The van der Waals surface area contributed by atoms with Crippen molar-refractivity contribution in [1.29, 1.82) is 0 Å². The Morgan fingerprint density at radius 3 is 2.42 bits per heavy atom. The Labute approximate surface area is 138 Å². The van der Waals surface area contributed by atoms with Gasteiger partial charge in [0.05, 0.1) is 10.6 Å². The maximum atomic E-state index is 12.2. The predicted octanol–water partition coefficient (Wildman–Crippen LogP) is 2.66. The van der Waals surface area contributed by atoms with E-state index in [1.165, 1.54) is 12.1 Å². The first-order chi connectivity index (χ1) is 11.4. The minimum Gasteiger partial charge on any atom is -0.341 e. The number of rotatable bonds is 5. The molecule has 2 amide bonds. The van der Waals surface area contributed by atoms with Crippen molar-refractivity contribution in [2.24, 2.45) is 0 Å². The summed E-state index contributed by atoms with van der Waals surface area (Å²) >= 11 is 0. The van der Waals surface area contributed by atoms with Gasteiger partial charge in [0, 0.05) is 17.7 Å². The van der Waals surface area contributed by atoms with Gasteiger partial charge >= 0.3 is 0 Å². The van der Waals surface area contributed by atoms with Crippen LogP contribution in [0.5, 0.6) is 0 Å². The second-order valence-corrected chi connectivity index (χ2v) is 5.31. The Kier molecular flexibility index (Phi) is 5.26. The molecule has 2 N–H and O–H groups in total. The second kappa shape index (κ2) is 7.36. The molecular formula is C17H17N3O4. The van der Waals surface area contributed by atoms with Crippen LogP contribution in [0.25, 0.3) is 0 Å². The summed E-state index contributed by atoms with van der Waals surface area (Å²) in [5.41, 5.74) is 1.37. The van der Waals surface area contributed by atoms with E-state index < -0.39 is 16.9 Å². The first kappa shape index (κ1) is 17.1. The number of hydrogen-bond donors (Lipinski definition) is 2. The molecule has 7 heteroatoms. The van der Waals surface area contributed by atoms with Crippen LogP contribution in [0, 0.1) is 17.0 Å². The zero-order valence-corrected chi connectivity index (χ0v) is 13.3. The van der Waals surface area contributed by atoms with Crippen molar-refractivity contribution < 1.29 is 14.5 Å². The van der Waals surface area contributed by atoms with Gasteiger partial charge in [0.1, 0.15) is 6.04 Å². The first-order valence-electron chi connectivity index (χ1n) is 7.30. The Balaban J connectivity index is 2.05. The Morgan fingerprint density at radius 2 is 1.79 bits per heavy atom. The summed E-state index contributed by atoms with van der Waals surface area (Å²) in [6.45, 7) is 3.27. The van der Waals surface area contributed by atoms with Gasteiger partial charge in [-0.25, -0.2) is 0 Å². The molecule has 1 unspecified atom stereocenters. The van der Waals surface area contributed by atoms with E-state index in [9.17, 15) is 19.7 Å². The maximum absolute atomic E-state index is 12.2. The molecule has 1 atom stereocenters. The van der Waals surface area contributed by atoms with Crippen LogP contribution in [0.2, 0.25) is 0 Å². The van der Waals surface area contributed by atoms with Gasteiger partial charge in [-0.15, -0.1) is 0 Å². The molecule has 124 valence electrons. The molecule has 0 fully saturated rings. The molecule has 0 aliphatic heterocycles. The van der Waals surface area contributed by atoms with E-state index in [0.717, 1.165) is 0 Å². The molecule has 7 nitrogen and oxygen atoms in total. The van der Waals surface area contributed by atoms with Gasteiger partial charge in [-0.2, -0.15) is 0 Å². The van der Waals surface area contributed by atoms with E-state index >= 15 is 0 Å². The maximum Gasteiger partial charge on any atom is 0.271 e. The number of benzene rings is 2. The fourth-order valence-corrected chi connectivity index (χ4v) is 2.03. The zero-order chi connectivity index (χ0) is 17.7. The van der Waals surface area contributed by atoms with Gasteiger partial charge in [-0.3, -0.25) is 19.7 Å². The highest BCUT2D eigenvalue weighted by atomic mass is 16.6. The van der Waals surface area contributed by atoms with Crippen molar-refractivity contribution in [2.75, 3.05) is 5.32 Å². The highest BCUT2D eigenvalue weighted by Gasteiger charge is 2.18. The van der Waals surface area contributed by atoms with Gasteiger partial charge in [-0.05, 0) is 31.5 Å². The van der Waals surface area contributed by atoms with Crippen LogP contribution < -0.4 is 10.6 Å². The number of carbonyl (C=O) groups excluding carboxylic acids is 2. The summed E-state index contributed by atoms with van der Waals surface area (Å²) < 4.78 is 0. The number of hydrogen-bond acceptors (Lipinski definition) is 4. The smallest absolute Gasteiger partial charge is 0.271 e. The lowest BCUT2D eigenvalue weighted by molar-refractivity contribution is -0.384. The fraction of sp³-hybridized carbons (Fsp3) is 0.176. The Morgan fingerprint density at radius 1 is 1.12 bits per heavy atom. The molecule has 0 aliphatic carbocycles. The topological polar surface area (TPSA) is 101 Å². The number of nitro groups is 1. The van der Waals surface area contributed by atoms with E-state index in [4.69, 9.17) is 0 Å². The molecule has 0 aromatic heterocycles. The molecule has 0 saturated heterocycles. The summed E-state index contributed by atoms with van der Waals surface area (Å²) in [4.78, 5) is 34.5. The van der Waals surface area contributed by atoms with Crippen molar-refractivity contribution in [3.05, 3.63) is 69.8 Å². The van der Waals surface area contributed by atoms with Crippen LogP contribution in [0.3, 0.4) is 0 Å². The lowest BCUT2D eigenvalue weighted by Crippen LogP contribution is -2.41.